The Bertz CT molecular complexity index is 1410. The van der Waals surface area contributed by atoms with Gasteiger partial charge < -0.3 is 24.7 Å². The van der Waals surface area contributed by atoms with E-state index in [0.717, 1.165) is 70.3 Å². The van der Waals surface area contributed by atoms with Crippen LogP contribution in [0, 0.1) is 0 Å². The summed E-state index contributed by atoms with van der Waals surface area (Å²) in [7, 11) is 0. The summed E-state index contributed by atoms with van der Waals surface area (Å²) in [5.41, 5.74) is 6.79. The Morgan fingerprint density at radius 3 is 2.77 bits per heavy atom. The molecule has 35 heavy (non-hydrogen) atoms. The second-order valence-electron chi connectivity index (χ2n) is 8.79. The number of ether oxygens (including phenoxy) is 2. The Kier molecular flexibility index (Phi) is 5.68. The van der Waals surface area contributed by atoms with Crippen LogP contribution in [-0.2, 0) is 17.7 Å². The maximum atomic E-state index is 12.6. The molecule has 2 N–H and O–H groups in total. The quantitative estimate of drug-likeness (QED) is 0.395. The fourth-order valence-electron chi connectivity index (χ4n) is 4.74. The summed E-state index contributed by atoms with van der Waals surface area (Å²) in [6, 6.07) is 19.9. The summed E-state index contributed by atoms with van der Waals surface area (Å²) in [6.07, 6.45) is 4.38. The number of rotatable bonds is 5. The SMILES string of the molecule is O=c1cc(N2CCOCC2)cc(-c2cccc3c2Oc2cccc(NCc4cccnc4)c2C3)[nH]1. The number of nitrogens with zero attached hydrogens (tertiary/aromatic N) is 2. The van der Waals surface area contributed by atoms with Crippen molar-refractivity contribution in [3.63, 3.8) is 0 Å². The van der Waals surface area contributed by atoms with Crippen LogP contribution < -0.4 is 20.5 Å². The largest absolute Gasteiger partial charge is 0.456 e. The van der Waals surface area contributed by atoms with E-state index in [2.05, 4.69) is 38.4 Å². The first-order chi connectivity index (χ1) is 17.2. The molecule has 2 aliphatic rings. The molecule has 2 aromatic carbocycles. The van der Waals surface area contributed by atoms with Gasteiger partial charge in [0.1, 0.15) is 11.5 Å². The van der Waals surface area contributed by atoms with Gasteiger partial charge in [0.25, 0.3) is 0 Å². The fourth-order valence-corrected chi connectivity index (χ4v) is 4.74. The van der Waals surface area contributed by atoms with Crippen LogP contribution in [0.3, 0.4) is 0 Å². The van der Waals surface area contributed by atoms with Crippen molar-refractivity contribution in [2.24, 2.45) is 0 Å². The zero-order chi connectivity index (χ0) is 23.6. The fraction of sp³-hybridized carbons (Fsp3) is 0.214. The summed E-state index contributed by atoms with van der Waals surface area (Å²) in [4.78, 5) is 22.0. The monoisotopic (exact) mass is 466 g/mol. The van der Waals surface area contributed by atoms with E-state index in [0.29, 0.717) is 19.8 Å². The summed E-state index contributed by atoms with van der Waals surface area (Å²) in [5.74, 6) is 1.62. The number of benzene rings is 2. The minimum absolute atomic E-state index is 0.125. The van der Waals surface area contributed by atoms with Gasteiger partial charge in [-0.1, -0.05) is 24.3 Å². The van der Waals surface area contributed by atoms with Gasteiger partial charge in [-0.25, -0.2) is 0 Å². The van der Waals surface area contributed by atoms with E-state index >= 15 is 0 Å². The molecule has 0 unspecified atom stereocenters. The average molecular weight is 467 g/mol. The molecule has 0 spiro atoms. The molecule has 2 aromatic heterocycles. The van der Waals surface area contributed by atoms with Gasteiger partial charge in [-0.2, -0.15) is 0 Å². The first-order valence-corrected chi connectivity index (χ1v) is 11.9. The van der Waals surface area contributed by atoms with Crippen molar-refractivity contribution in [1.82, 2.24) is 9.97 Å². The number of anilines is 2. The van der Waals surface area contributed by atoms with Gasteiger partial charge in [-0.3, -0.25) is 9.78 Å². The molecule has 1 fully saturated rings. The van der Waals surface area contributed by atoms with Crippen molar-refractivity contribution in [3.05, 3.63) is 100 Å². The van der Waals surface area contributed by atoms with E-state index in [4.69, 9.17) is 9.47 Å². The number of aromatic nitrogens is 2. The maximum absolute atomic E-state index is 12.6. The van der Waals surface area contributed by atoms with Crippen LogP contribution in [0.5, 0.6) is 11.5 Å². The van der Waals surface area contributed by atoms with Gasteiger partial charge in [0.05, 0.1) is 18.9 Å². The van der Waals surface area contributed by atoms with Crippen molar-refractivity contribution in [3.8, 4) is 22.8 Å². The molecule has 4 heterocycles. The van der Waals surface area contributed by atoms with Crippen LogP contribution in [-0.4, -0.2) is 36.3 Å². The Morgan fingerprint density at radius 1 is 1.03 bits per heavy atom. The molecule has 7 heteroatoms. The maximum Gasteiger partial charge on any atom is 0.250 e. The molecule has 6 rings (SSSR count). The van der Waals surface area contributed by atoms with Crippen molar-refractivity contribution in [1.29, 1.82) is 0 Å². The van der Waals surface area contributed by atoms with E-state index in [1.54, 1.807) is 12.3 Å². The molecule has 0 atom stereocenters. The van der Waals surface area contributed by atoms with Crippen LogP contribution in [0.1, 0.15) is 16.7 Å². The molecule has 1 saturated heterocycles. The third-order valence-electron chi connectivity index (χ3n) is 6.51. The van der Waals surface area contributed by atoms with Crippen LogP contribution in [0.25, 0.3) is 11.3 Å². The van der Waals surface area contributed by atoms with E-state index < -0.39 is 0 Å². The number of hydrogen-bond donors (Lipinski definition) is 2. The summed E-state index contributed by atoms with van der Waals surface area (Å²) in [6.45, 7) is 3.57. The molecule has 2 aliphatic heterocycles. The number of nitrogens with one attached hydrogen (secondary N) is 2. The third-order valence-corrected chi connectivity index (χ3v) is 6.51. The van der Waals surface area contributed by atoms with Crippen molar-refractivity contribution >= 4 is 11.4 Å². The molecule has 7 nitrogen and oxygen atoms in total. The predicted molar refractivity (Wildman–Crippen MR) is 136 cm³/mol. The van der Waals surface area contributed by atoms with Gasteiger partial charge >= 0.3 is 0 Å². The van der Waals surface area contributed by atoms with E-state index in [1.165, 1.54) is 0 Å². The highest BCUT2D eigenvalue weighted by Crippen LogP contribution is 2.44. The standard InChI is InChI=1S/C28H26N4O3/c33-27-16-21(32-10-12-34-13-11-32)15-25(31-27)22-6-1-5-20-14-23-24(7-2-8-26(23)35-28(20)22)30-18-19-4-3-9-29-17-19/h1-9,15-17,30H,10-14,18H2,(H,31,33). The lowest BCUT2D eigenvalue weighted by molar-refractivity contribution is 0.122. The number of H-pyrrole nitrogens is 1. The van der Waals surface area contributed by atoms with Crippen LogP contribution >= 0.6 is 0 Å². The summed E-state index contributed by atoms with van der Waals surface area (Å²) >= 11 is 0. The Hall–Kier alpha value is -4.10. The number of pyridine rings is 2. The summed E-state index contributed by atoms with van der Waals surface area (Å²) in [5, 5.41) is 3.53. The number of fused-ring (bicyclic) bond motifs is 2. The molecular formula is C28H26N4O3. The zero-order valence-electron chi connectivity index (χ0n) is 19.3. The van der Waals surface area contributed by atoms with Gasteiger partial charge in [0.15, 0.2) is 0 Å². The number of hydrogen-bond acceptors (Lipinski definition) is 6. The smallest absolute Gasteiger partial charge is 0.250 e. The lowest BCUT2D eigenvalue weighted by atomic mass is 9.95. The van der Waals surface area contributed by atoms with E-state index in [9.17, 15) is 4.79 Å². The van der Waals surface area contributed by atoms with Gasteiger partial charge in [0, 0.05) is 72.6 Å². The molecule has 0 radical (unpaired) electrons. The molecule has 0 amide bonds. The zero-order valence-corrected chi connectivity index (χ0v) is 19.3. The minimum atomic E-state index is -0.125. The Labute approximate surface area is 203 Å². The molecule has 0 aliphatic carbocycles. The van der Waals surface area contributed by atoms with Gasteiger partial charge in [-0.15, -0.1) is 0 Å². The summed E-state index contributed by atoms with van der Waals surface area (Å²) < 4.78 is 11.9. The topological polar surface area (TPSA) is 79.5 Å². The highest BCUT2D eigenvalue weighted by molar-refractivity contribution is 5.75. The second-order valence-corrected chi connectivity index (χ2v) is 8.79. The van der Waals surface area contributed by atoms with Crippen molar-refractivity contribution in [2.75, 3.05) is 36.5 Å². The Balaban J connectivity index is 1.32. The molecule has 176 valence electrons. The highest BCUT2D eigenvalue weighted by atomic mass is 16.5. The van der Waals surface area contributed by atoms with Crippen molar-refractivity contribution in [2.45, 2.75) is 13.0 Å². The normalized spacial score (nSPS) is 14.6. The van der Waals surface area contributed by atoms with Gasteiger partial charge in [0.2, 0.25) is 5.56 Å². The number of para-hydroxylation sites is 1. The highest BCUT2D eigenvalue weighted by Gasteiger charge is 2.23. The first-order valence-electron chi connectivity index (χ1n) is 11.9. The number of morpholine rings is 1. The first kappa shape index (κ1) is 21.4. The average Bonchev–Trinajstić information content (AvgIpc) is 2.91. The van der Waals surface area contributed by atoms with Crippen molar-refractivity contribution < 1.29 is 9.47 Å². The predicted octanol–water partition coefficient (Wildman–Crippen LogP) is 4.58. The van der Waals surface area contributed by atoms with E-state index in [-0.39, 0.29) is 5.56 Å². The van der Waals surface area contributed by atoms with Crippen LogP contribution in [0.4, 0.5) is 11.4 Å². The molecule has 0 saturated carbocycles. The molecule has 4 aromatic rings. The Morgan fingerprint density at radius 2 is 1.91 bits per heavy atom. The number of aromatic amines is 1. The lowest BCUT2D eigenvalue weighted by Gasteiger charge is -2.29. The minimum Gasteiger partial charge on any atom is -0.456 e. The third kappa shape index (κ3) is 4.38. The van der Waals surface area contributed by atoms with Crippen LogP contribution in [0.15, 0.2) is 77.9 Å². The second kappa shape index (κ2) is 9.27. The molecular weight excluding hydrogens is 440 g/mol. The van der Waals surface area contributed by atoms with Crippen LogP contribution in [0.2, 0.25) is 0 Å². The molecule has 0 bridgehead atoms. The van der Waals surface area contributed by atoms with E-state index in [1.807, 2.05) is 42.6 Å². The lowest BCUT2D eigenvalue weighted by Crippen LogP contribution is -2.36. The van der Waals surface area contributed by atoms with Gasteiger partial charge in [-0.05, 0) is 35.9 Å².